The van der Waals surface area contributed by atoms with Gasteiger partial charge in [0.15, 0.2) is 0 Å². The highest BCUT2D eigenvalue weighted by Crippen LogP contribution is 2.36. The number of nitrogens with zero attached hydrogens (tertiary/aromatic N) is 1. The smallest absolute Gasteiger partial charge is 0.423 e. The lowest BCUT2D eigenvalue weighted by Gasteiger charge is -2.12. The van der Waals surface area contributed by atoms with Crippen LogP contribution in [0.2, 0.25) is 0 Å². The fraction of sp³-hybridized carbons (Fsp3) is 0.211. The molecule has 0 saturated carbocycles. The molecule has 0 radical (unpaired) electrons. The van der Waals surface area contributed by atoms with Crippen LogP contribution in [0.5, 0.6) is 0 Å². The third-order valence-electron chi connectivity index (χ3n) is 4.45. The van der Waals surface area contributed by atoms with Crippen LogP contribution in [0.3, 0.4) is 0 Å². The number of benzene rings is 2. The topological polar surface area (TPSA) is 63.7 Å². The molecule has 0 atom stereocenters. The number of likely N-dealkylation sites (tertiary alicyclic amines) is 1. The predicted octanol–water partition coefficient (Wildman–Crippen LogP) is 3.04. The average Bonchev–Trinajstić information content (AvgIpc) is 3.12. The molecule has 3 amide bonds. The van der Waals surface area contributed by atoms with Gasteiger partial charge in [-0.2, -0.15) is 4.90 Å². The molecule has 5 heteroatoms. The maximum absolute atomic E-state index is 11.9. The Morgan fingerprint density at radius 1 is 0.958 bits per heavy atom. The molecule has 4 rings (SSSR count). The summed E-state index contributed by atoms with van der Waals surface area (Å²) in [6.45, 7) is 0.0412. The number of fused-ring (bicyclic) bond motifs is 3. The van der Waals surface area contributed by atoms with E-state index in [1.165, 1.54) is 22.3 Å². The van der Waals surface area contributed by atoms with Gasteiger partial charge in [0.25, 0.3) is 0 Å². The molecule has 1 aliphatic heterocycles. The van der Waals surface area contributed by atoms with Crippen LogP contribution in [-0.2, 0) is 27.4 Å². The minimum atomic E-state index is -0.883. The van der Waals surface area contributed by atoms with Crippen LogP contribution in [0.15, 0.2) is 42.5 Å². The summed E-state index contributed by atoms with van der Waals surface area (Å²) in [6, 6.07) is 14.2. The van der Waals surface area contributed by atoms with Crippen molar-refractivity contribution in [1.82, 2.24) is 4.90 Å². The van der Waals surface area contributed by atoms with Gasteiger partial charge in [-0.15, -0.1) is 0 Å². The van der Waals surface area contributed by atoms with Crippen molar-refractivity contribution in [3.8, 4) is 11.1 Å². The standard InChI is InChI=1S/C19H15NO4/c21-17-7-8-18(22)20(17)19(23)24-11-12-5-6-16-14(9-12)10-13-3-1-2-4-15(13)16/h1-6,9H,7-8,10-11H2. The number of hydrogen-bond donors (Lipinski definition) is 0. The van der Waals surface area contributed by atoms with E-state index in [9.17, 15) is 14.4 Å². The Bertz CT molecular complexity index is 855. The Morgan fingerprint density at radius 3 is 2.46 bits per heavy atom. The van der Waals surface area contributed by atoms with E-state index in [0.29, 0.717) is 4.90 Å². The summed E-state index contributed by atoms with van der Waals surface area (Å²) in [4.78, 5) is 35.6. The first kappa shape index (κ1) is 14.6. The molecular weight excluding hydrogens is 306 g/mol. The highest BCUT2D eigenvalue weighted by molar-refractivity contribution is 6.13. The number of hydrogen-bond acceptors (Lipinski definition) is 4. The van der Waals surface area contributed by atoms with E-state index in [0.717, 1.165) is 12.0 Å². The van der Waals surface area contributed by atoms with E-state index in [2.05, 4.69) is 12.1 Å². The molecule has 120 valence electrons. The van der Waals surface area contributed by atoms with Crippen molar-refractivity contribution in [2.24, 2.45) is 0 Å². The zero-order chi connectivity index (χ0) is 16.7. The second kappa shape index (κ2) is 5.60. The Kier molecular flexibility index (Phi) is 3.41. The van der Waals surface area contributed by atoms with Crippen LogP contribution in [-0.4, -0.2) is 22.8 Å². The third kappa shape index (κ3) is 2.38. The number of carbonyl (C=O) groups excluding carboxylic acids is 3. The van der Waals surface area contributed by atoms with E-state index in [1.54, 1.807) is 0 Å². The van der Waals surface area contributed by atoms with E-state index >= 15 is 0 Å². The largest absolute Gasteiger partial charge is 0.444 e. The molecule has 1 fully saturated rings. The summed E-state index contributed by atoms with van der Waals surface area (Å²) < 4.78 is 5.14. The van der Waals surface area contributed by atoms with Gasteiger partial charge in [0.1, 0.15) is 6.61 Å². The molecular formula is C19H15NO4. The van der Waals surface area contributed by atoms with Crippen molar-refractivity contribution < 1.29 is 19.1 Å². The lowest BCUT2D eigenvalue weighted by atomic mass is 10.0. The zero-order valence-electron chi connectivity index (χ0n) is 13.0. The number of amides is 3. The third-order valence-corrected chi connectivity index (χ3v) is 4.45. The van der Waals surface area contributed by atoms with E-state index in [4.69, 9.17) is 4.74 Å². The van der Waals surface area contributed by atoms with Crippen molar-refractivity contribution >= 4 is 17.9 Å². The van der Waals surface area contributed by atoms with Gasteiger partial charge >= 0.3 is 6.09 Å². The van der Waals surface area contributed by atoms with Gasteiger partial charge in [-0.05, 0) is 34.2 Å². The summed E-state index contributed by atoms with van der Waals surface area (Å²) in [5.41, 5.74) is 5.76. The molecule has 2 aromatic carbocycles. The van der Waals surface area contributed by atoms with Gasteiger partial charge in [0.2, 0.25) is 11.8 Å². The average molecular weight is 321 g/mol. The Balaban J connectivity index is 1.47. The monoisotopic (exact) mass is 321 g/mol. The van der Waals surface area contributed by atoms with Crippen LogP contribution in [0.4, 0.5) is 4.79 Å². The molecule has 1 heterocycles. The minimum Gasteiger partial charge on any atom is -0.444 e. The van der Waals surface area contributed by atoms with E-state index in [-0.39, 0.29) is 19.4 Å². The van der Waals surface area contributed by atoms with Gasteiger partial charge < -0.3 is 4.74 Å². The lowest BCUT2D eigenvalue weighted by molar-refractivity contribution is -0.136. The molecule has 0 N–H and O–H groups in total. The van der Waals surface area contributed by atoms with Crippen molar-refractivity contribution in [1.29, 1.82) is 0 Å². The summed E-state index contributed by atoms with van der Waals surface area (Å²) in [7, 11) is 0. The van der Waals surface area contributed by atoms with Crippen molar-refractivity contribution in [3.63, 3.8) is 0 Å². The van der Waals surface area contributed by atoms with Crippen molar-refractivity contribution in [2.45, 2.75) is 25.9 Å². The molecule has 0 spiro atoms. The summed E-state index contributed by atoms with van der Waals surface area (Å²) in [6.07, 6.45) is 0.123. The molecule has 0 aromatic heterocycles. The number of imide groups is 3. The number of rotatable bonds is 2. The molecule has 1 aliphatic carbocycles. The Labute approximate surface area is 138 Å². The highest BCUT2D eigenvalue weighted by atomic mass is 16.6. The van der Waals surface area contributed by atoms with E-state index < -0.39 is 17.9 Å². The molecule has 1 saturated heterocycles. The first-order valence-electron chi connectivity index (χ1n) is 7.86. The SMILES string of the molecule is O=C1CCC(=O)N1C(=O)OCc1ccc2c(c1)Cc1ccccc1-2. The second-order valence-corrected chi connectivity index (χ2v) is 6.00. The van der Waals surface area contributed by atoms with Gasteiger partial charge in [-0.1, -0.05) is 42.5 Å². The second-order valence-electron chi connectivity index (χ2n) is 6.00. The number of carbonyl (C=O) groups is 3. The fourth-order valence-corrected chi connectivity index (χ4v) is 3.28. The van der Waals surface area contributed by atoms with Crippen LogP contribution in [0, 0.1) is 0 Å². The van der Waals surface area contributed by atoms with Crippen LogP contribution in [0.25, 0.3) is 11.1 Å². The van der Waals surface area contributed by atoms with Gasteiger partial charge in [-0.3, -0.25) is 9.59 Å². The highest BCUT2D eigenvalue weighted by Gasteiger charge is 2.35. The Morgan fingerprint density at radius 2 is 1.67 bits per heavy atom. The Hall–Kier alpha value is -2.95. The molecule has 2 aromatic rings. The summed E-state index contributed by atoms with van der Waals surface area (Å²) >= 11 is 0. The number of ether oxygens (including phenoxy) is 1. The first-order valence-corrected chi connectivity index (χ1v) is 7.86. The quantitative estimate of drug-likeness (QED) is 0.681. The molecule has 5 nitrogen and oxygen atoms in total. The fourth-order valence-electron chi connectivity index (χ4n) is 3.28. The molecule has 0 bridgehead atoms. The minimum absolute atomic E-state index is 0.0412. The van der Waals surface area contributed by atoms with Crippen molar-refractivity contribution in [2.75, 3.05) is 0 Å². The summed E-state index contributed by atoms with van der Waals surface area (Å²) in [5, 5.41) is 0. The van der Waals surface area contributed by atoms with Crippen LogP contribution in [0.1, 0.15) is 29.5 Å². The molecule has 24 heavy (non-hydrogen) atoms. The summed E-state index contributed by atoms with van der Waals surface area (Å²) in [5.74, 6) is -0.983. The molecule has 0 unspecified atom stereocenters. The first-order chi connectivity index (χ1) is 11.6. The maximum atomic E-state index is 11.9. The zero-order valence-corrected chi connectivity index (χ0v) is 13.0. The van der Waals surface area contributed by atoms with Gasteiger partial charge in [0, 0.05) is 12.8 Å². The molecule has 2 aliphatic rings. The van der Waals surface area contributed by atoms with Crippen LogP contribution < -0.4 is 0 Å². The van der Waals surface area contributed by atoms with Crippen molar-refractivity contribution in [3.05, 3.63) is 59.2 Å². The normalized spacial score (nSPS) is 15.4. The van der Waals surface area contributed by atoms with Crippen LogP contribution >= 0.6 is 0 Å². The van der Waals surface area contributed by atoms with Gasteiger partial charge in [0.05, 0.1) is 0 Å². The predicted molar refractivity (Wildman–Crippen MR) is 86.0 cm³/mol. The van der Waals surface area contributed by atoms with Gasteiger partial charge in [-0.25, -0.2) is 4.79 Å². The lowest BCUT2D eigenvalue weighted by Crippen LogP contribution is -2.35. The van der Waals surface area contributed by atoms with E-state index in [1.807, 2.05) is 30.3 Å². The maximum Gasteiger partial charge on any atom is 0.423 e.